The van der Waals surface area contributed by atoms with Gasteiger partial charge >= 0.3 is 5.97 Å². The lowest BCUT2D eigenvalue weighted by Gasteiger charge is -2.07. The second-order valence-electron chi connectivity index (χ2n) is 3.38. The molecule has 1 aromatic carbocycles. The summed E-state index contributed by atoms with van der Waals surface area (Å²) in [6.45, 7) is 1.92. The molecule has 15 heavy (non-hydrogen) atoms. The van der Waals surface area contributed by atoms with Crippen molar-refractivity contribution < 1.29 is 19.4 Å². The molecule has 1 aromatic rings. The summed E-state index contributed by atoms with van der Waals surface area (Å²) < 4.78 is 10.0. The monoisotopic (exact) mass is 208 g/mol. The third-order valence-electron chi connectivity index (χ3n) is 2.56. The summed E-state index contributed by atoms with van der Waals surface area (Å²) in [4.78, 5) is 11.5. The van der Waals surface area contributed by atoms with E-state index in [0.29, 0.717) is 12.2 Å². The molecule has 4 heteroatoms. The van der Waals surface area contributed by atoms with Crippen molar-refractivity contribution in [3.05, 3.63) is 23.3 Å². The van der Waals surface area contributed by atoms with Crippen molar-refractivity contribution in [1.82, 2.24) is 0 Å². The zero-order valence-corrected chi connectivity index (χ0v) is 8.61. The van der Waals surface area contributed by atoms with Crippen molar-refractivity contribution in [3.8, 4) is 11.5 Å². The van der Waals surface area contributed by atoms with Crippen LogP contribution in [-0.2, 0) is 4.74 Å². The predicted molar refractivity (Wildman–Crippen MR) is 53.1 cm³/mol. The molecule has 1 heterocycles. The van der Waals surface area contributed by atoms with Crippen molar-refractivity contribution in [1.29, 1.82) is 0 Å². The van der Waals surface area contributed by atoms with E-state index in [2.05, 4.69) is 0 Å². The Morgan fingerprint density at radius 3 is 2.87 bits per heavy atom. The zero-order chi connectivity index (χ0) is 11.0. The Hall–Kier alpha value is -1.71. The summed E-state index contributed by atoms with van der Waals surface area (Å²) in [6.07, 6.45) is 0.453. The van der Waals surface area contributed by atoms with Gasteiger partial charge < -0.3 is 14.6 Å². The standard InChI is InChI=1S/C11H12O4/c1-3-7-6-4-5-8(14-2)10(12)9(6)11(13)15-7/h4-5,7,12H,3H2,1-2H3/t7-/m1/s1. The number of ether oxygens (including phenoxy) is 2. The van der Waals surface area contributed by atoms with Crippen molar-refractivity contribution in [2.75, 3.05) is 7.11 Å². The second-order valence-corrected chi connectivity index (χ2v) is 3.38. The number of carbonyl (C=O) groups excluding carboxylic acids is 1. The maximum Gasteiger partial charge on any atom is 0.343 e. The molecule has 4 nitrogen and oxygen atoms in total. The van der Waals surface area contributed by atoms with Crippen molar-refractivity contribution in [2.45, 2.75) is 19.4 Å². The number of methoxy groups -OCH3 is 1. The third-order valence-corrected chi connectivity index (χ3v) is 2.56. The van der Waals surface area contributed by atoms with Gasteiger partial charge in [-0.15, -0.1) is 0 Å². The summed E-state index contributed by atoms with van der Waals surface area (Å²) in [5, 5.41) is 9.77. The predicted octanol–water partition coefficient (Wildman–Crippen LogP) is 2.02. The van der Waals surface area contributed by atoms with Crippen LogP contribution in [0.1, 0.15) is 35.4 Å². The van der Waals surface area contributed by atoms with Crippen LogP contribution in [0, 0.1) is 0 Å². The molecule has 1 aliphatic rings. The number of hydrogen-bond donors (Lipinski definition) is 1. The van der Waals surface area contributed by atoms with Gasteiger partial charge in [0, 0.05) is 5.56 Å². The molecule has 0 spiro atoms. The van der Waals surface area contributed by atoms with Crippen LogP contribution in [-0.4, -0.2) is 18.2 Å². The second kappa shape index (κ2) is 3.46. The minimum absolute atomic E-state index is 0.129. The minimum atomic E-state index is -0.478. The molecule has 80 valence electrons. The van der Waals surface area contributed by atoms with Gasteiger partial charge in [0.2, 0.25) is 0 Å². The van der Waals surface area contributed by atoms with Gasteiger partial charge in [-0.3, -0.25) is 0 Å². The van der Waals surface area contributed by atoms with Crippen LogP contribution in [0.5, 0.6) is 11.5 Å². The van der Waals surface area contributed by atoms with E-state index in [0.717, 1.165) is 5.56 Å². The molecule has 0 radical (unpaired) electrons. The molecule has 1 N–H and O–H groups in total. The highest BCUT2D eigenvalue weighted by atomic mass is 16.5. The van der Waals surface area contributed by atoms with Crippen molar-refractivity contribution >= 4 is 5.97 Å². The SMILES string of the molecule is CC[C@H]1OC(=O)c2c1ccc(OC)c2O. The van der Waals surface area contributed by atoms with E-state index in [1.54, 1.807) is 12.1 Å². The lowest BCUT2D eigenvalue weighted by atomic mass is 10.0. The fourth-order valence-corrected chi connectivity index (χ4v) is 1.79. The fourth-order valence-electron chi connectivity index (χ4n) is 1.79. The van der Waals surface area contributed by atoms with Crippen LogP contribution < -0.4 is 4.74 Å². The molecule has 0 fully saturated rings. The van der Waals surface area contributed by atoms with Crippen LogP contribution in [0.2, 0.25) is 0 Å². The van der Waals surface area contributed by atoms with Gasteiger partial charge in [-0.2, -0.15) is 0 Å². The molecule has 0 saturated carbocycles. The van der Waals surface area contributed by atoms with E-state index in [-0.39, 0.29) is 17.4 Å². The Morgan fingerprint density at radius 1 is 1.53 bits per heavy atom. The Balaban J connectivity index is 2.58. The van der Waals surface area contributed by atoms with Crippen LogP contribution in [0.4, 0.5) is 0 Å². The molecule has 0 saturated heterocycles. The molecular weight excluding hydrogens is 196 g/mol. The van der Waals surface area contributed by atoms with E-state index in [9.17, 15) is 9.90 Å². The van der Waals surface area contributed by atoms with Gasteiger partial charge in [0.25, 0.3) is 0 Å². The van der Waals surface area contributed by atoms with Gasteiger partial charge in [-0.1, -0.05) is 13.0 Å². The number of cyclic esters (lactones) is 1. The first-order valence-electron chi connectivity index (χ1n) is 4.79. The summed E-state index contributed by atoms with van der Waals surface area (Å²) in [6, 6.07) is 3.39. The number of esters is 1. The zero-order valence-electron chi connectivity index (χ0n) is 8.61. The highest BCUT2D eigenvalue weighted by molar-refractivity contribution is 5.97. The highest BCUT2D eigenvalue weighted by Gasteiger charge is 2.33. The number of rotatable bonds is 2. The fraction of sp³-hybridized carbons (Fsp3) is 0.364. The largest absolute Gasteiger partial charge is 0.504 e. The summed E-state index contributed by atoms with van der Waals surface area (Å²) in [5.41, 5.74) is 0.974. The van der Waals surface area contributed by atoms with Gasteiger partial charge in [-0.05, 0) is 12.5 Å². The first-order valence-corrected chi connectivity index (χ1v) is 4.79. The normalized spacial score (nSPS) is 18.5. The van der Waals surface area contributed by atoms with Crippen molar-refractivity contribution in [2.24, 2.45) is 0 Å². The van der Waals surface area contributed by atoms with E-state index in [4.69, 9.17) is 9.47 Å². The first-order chi connectivity index (χ1) is 7.19. The Labute approximate surface area is 87.4 Å². The minimum Gasteiger partial charge on any atom is -0.504 e. The van der Waals surface area contributed by atoms with Gasteiger partial charge in [0.15, 0.2) is 11.5 Å². The number of phenols is 1. The highest BCUT2D eigenvalue weighted by Crippen LogP contribution is 2.41. The Bertz CT molecular complexity index is 411. The number of phenolic OH excluding ortho intramolecular Hbond substituents is 1. The lowest BCUT2D eigenvalue weighted by molar-refractivity contribution is 0.0377. The summed E-state index contributed by atoms with van der Waals surface area (Å²) in [7, 11) is 1.44. The maximum absolute atomic E-state index is 11.5. The molecular formula is C11H12O4. The molecule has 2 rings (SSSR count). The number of benzene rings is 1. The van der Waals surface area contributed by atoms with Gasteiger partial charge in [-0.25, -0.2) is 4.79 Å². The first kappa shape index (κ1) is 9.83. The summed E-state index contributed by atoms with van der Waals surface area (Å²) >= 11 is 0. The number of aromatic hydroxyl groups is 1. The number of fused-ring (bicyclic) bond motifs is 1. The smallest absolute Gasteiger partial charge is 0.343 e. The average molecular weight is 208 g/mol. The molecule has 1 aliphatic heterocycles. The number of hydrogen-bond acceptors (Lipinski definition) is 4. The lowest BCUT2D eigenvalue weighted by Crippen LogP contribution is -1.96. The Morgan fingerprint density at radius 2 is 2.27 bits per heavy atom. The van der Waals surface area contributed by atoms with Gasteiger partial charge in [0.05, 0.1) is 7.11 Å². The van der Waals surface area contributed by atoms with E-state index in [1.807, 2.05) is 6.92 Å². The molecule has 1 atom stereocenters. The number of carbonyl (C=O) groups is 1. The van der Waals surface area contributed by atoms with Gasteiger partial charge in [0.1, 0.15) is 11.7 Å². The molecule has 0 bridgehead atoms. The molecule has 0 aliphatic carbocycles. The average Bonchev–Trinajstić information content (AvgIpc) is 2.56. The van der Waals surface area contributed by atoms with Crippen molar-refractivity contribution in [3.63, 3.8) is 0 Å². The van der Waals surface area contributed by atoms with Crippen LogP contribution in [0.15, 0.2) is 12.1 Å². The Kier molecular flexibility index (Phi) is 2.26. The third kappa shape index (κ3) is 1.33. The van der Waals surface area contributed by atoms with E-state index < -0.39 is 5.97 Å². The molecule has 0 unspecified atom stereocenters. The molecule has 0 aromatic heterocycles. The molecule has 0 amide bonds. The van der Waals surface area contributed by atoms with Crippen LogP contribution in [0.3, 0.4) is 0 Å². The van der Waals surface area contributed by atoms with Crippen LogP contribution in [0.25, 0.3) is 0 Å². The van der Waals surface area contributed by atoms with E-state index in [1.165, 1.54) is 7.11 Å². The van der Waals surface area contributed by atoms with E-state index >= 15 is 0 Å². The van der Waals surface area contributed by atoms with Crippen LogP contribution >= 0.6 is 0 Å². The quantitative estimate of drug-likeness (QED) is 0.755. The summed E-state index contributed by atoms with van der Waals surface area (Å²) in [5.74, 6) is -0.313. The maximum atomic E-state index is 11.5. The topological polar surface area (TPSA) is 55.8 Å².